The summed E-state index contributed by atoms with van der Waals surface area (Å²) in [6.07, 6.45) is 0.365. The zero-order valence-corrected chi connectivity index (χ0v) is 21.2. The molecule has 2 unspecified atom stereocenters. The SMILES string of the molecule is C=Cc1c(C2CC3CC(O)(c4cn[nH]c4C(F)(F)F)CC3C2)nn(C)c1N.CNc1ccc(F)c(Cl)c1. The summed E-state index contributed by atoms with van der Waals surface area (Å²) in [5.74, 6) is 0.615. The number of hydrogen-bond donors (Lipinski definition) is 4. The number of aromatic nitrogens is 4. The highest BCUT2D eigenvalue weighted by Crippen LogP contribution is 2.58. The van der Waals surface area contributed by atoms with Crippen LogP contribution in [-0.4, -0.2) is 32.1 Å². The van der Waals surface area contributed by atoms with Crippen molar-refractivity contribution >= 4 is 29.2 Å². The second-order valence-electron chi connectivity index (χ2n) is 9.68. The van der Waals surface area contributed by atoms with Gasteiger partial charge in [-0.3, -0.25) is 9.78 Å². The van der Waals surface area contributed by atoms with Crippen LogP contribution in [0.1, 0.15) is 54.1 Å². The molecule has 1 aromatic carbocycles. The number of anilines is 2. The number of H-pyrrole nitrogens is 1. The van der Waals surface area contributed by atoms with Gasteiger partial charge in [-0.2, -0.15) is 23.4 Å². The molecule has 2 atom stereocenters. The van der Waals surface area contributed by atoms with Crippen molar-refractivity contribution in [1.82, 2.24) is 20.0 Å². The smallest absolute Gasteiger partial charge is 0.388 e. The number of aliphatic hydroxyl groups is 1. The highest BCUT2D eigenvalue weighted by molar-refractivity contribution is 6.31. The van der Waals surface area contributed by atoms with Gasteiger partial charge in [-0.1, -0.05) is 24.3 Å². The average Bonchev–Trinajstić information content (AvgIpc) is 3.59. The van der Waals surface area contributed by atoms with E-state index in [1.165, 1.54) is 12.1 Å². The number of nitrogens with zero attached hydrogens (tertiary/aromatic N) is 3. The second-order valence-corrected chi connectivity index (χ2v) is 10.1. The highest BCUT2D eigenvalue weighted by Gasteiger charge is 2.53. The number of nitrogen functional groups attached to an aromatic ring is 1. The fraction of sp³-hybridized carbons (Fsp3) is 0.440. The van der Waals surface area contributed by atoms with Crippen LogP contribution in [0.4, 0.5) is 29.1 Å². The number of aryl methyl sites for hydroxylation is 1. The Balaban J connectivity index is 0.000000270. The first kappa shape index (κ1) is 27.0. The minimum absolute atomic E-state index is 0.136. The Kier molecular flexibility index (Phi) is 7.31. The molecular formula is C25H29ClF4N6O. The summed E-state index contributed by atoms with van der Waals surface area (Å²) in [4.78, 5) is 0. The maximum absolute atomic E-state index is 13.2. The predicted octanol–water partition coefficient (Wildman–Crippen LogP) is 5.70. The molecule has 7 nitrogen and oxygen atoms in total. The molecule has 5 N–H and O–H groups in total. The molecule has 0 aliphatic heterocycles. The first-order valence-corrected chi connectivity index (χ1v) is 12.2. The van der Waals surface area contributed by atoms with E-state index in [4.69, 9.17) is 17.3 Å². The Hall–Kier alpha value is -3.05. The van der Waals surface area contributed by atoms with Crippen LogP contribution in [0.25, 0.3) is 6.08 Å². The average molecular weight is 541 g/mol. The number of fused-ring (bicyclic) bond motifs is 1. The van der Waals surface area contributed by atoms with Crippen LogP contribution < -0.4 is 11.1 Å². The molecule has 37 heavy (non-hydrogen) atoms. The van der Waals surface area contributed by atoms with Crippen LogP contribution in [0, 0.1) is 17.7 Å². The summed E-state index contributed by atoms with van der Waals surface area (Å²) >= 11 is 5.48. The Bertz CT molecular complexity index is 1270. The first-order valence-electron chi connectivity index (χ1n) is 11.8. The lowest BCUT2D eigenvalue weighted by molar-refractivity contribution is -0.144. The summed E-state index contributed by atoms with van der Waals surface area (Å²) < 4.78 is 53.7. The van der Waals surface area contributed by atoms with Gasteiger partial charge in [-0.15, -0.1) is 0 Å². The van der Waals surface area contributed by atoms with Crippen molar-refractivity contribution in [3.05, 3.63) is 64.3 Å². The van der Waals surface area contributed by atoms with Crippen LogP contribution in [0.2, 0.25) is 5.02 Å². The van der Waals surface area contributed by atoms with Crippen LogP contribution >= 0.6 is 11.6 Å². The van der Waals surface area contributed by atoms with Crippen molar-refractivity contribution < 1.29 is 22.7 Å². The second kappa shape index (κ2) is 10.0. The topological polar surface area (TPSA) is 105 Å². The minimum atomic E-state index is -4.56. The third kappa shape index (κ3) is 5.19. The molecule has 200 valence electrons. The van der Waals surface area contributed by atoms with Crippen LogP contribution in [0.5, 0.6) is 0 Å². The van der Waals surface area contributed by atoms with E-state index in [1.54, 1.807) is 30.9 Å². The van der Waals surface area contributed by atoms with Gasteiger partial charge in [0.25, 0.3) is 0 Å². The van der Waals surface area contributed by atoms with Crippen LogP contribution in [0.15, 0.2) is 31.0 Å². The van der Waals surface area contributed by atoms with Gasteiger partial charge in [-0.25, -0.2) is 4.39 Å². The Morgan fingerprint density at radius 2 is 1.95 bits per heavy atom. The third-order valence-electron chi connectivity index (χ3n) is 7.42. The molecular weight excluding hydrogens is 512 g/mol. The molecule has 2 aliphatic rings. The molecule has 2 aromatic heterocycles. The number of nitrogens with two attached hydrogens (primary N) is 1. The van der Waals surface area contributed by atoms with Crippen molar-refractivity contribution in [3.8, 4) is 0 Å². The van der Waals surface area contributed by atoms with E-state index in [1.807, 2.05) is 5.10 Å². The van der Waals surface area contributed by atoms with Gasteiger partial charge in [0, 0.05) is 36.8 Å². The van der Waals surface area contributed by atoms with Gasteiger partial charge in [0.15, 0.2) is 0 Å². The molecule has 0 amide bonds. The maximum atomic E-state index is 13.2. The van der Waals surface area contributed by atoms with Crippen molar-refractivity contribution in [2.24, 2.45) is 18.9 Å². The zero-order chi connectivity index (χ0) is 27.1. The lowest BCUT2D eigenvalue weighted by Gasteiger charge is -2.25. The van der Waals surface area contributed by atoms with E-state index in [0.717, 1.165) is 36.0 Å². The van der Waals surface area contributed by atoms with Crippen LogP contribution in [0.3, 0.4) is 0 Å². The third-order valence-corrected chi connectivity index (χ3v) is 7.71. The van der Waals surface area contributed by atoms with Gasteiger partial charge in [0.2, 0.25) is 0 Å². The highest BCUT2D eigenvalue weighted by atomic mass is 35.5. The molecule has 2 aliphatic carbocycles. The molecule has 5 rings (SSSR count). The van der Waals surface area contributed by atoms with Crippen LogP contribution in [-0.2, 0) is 18.8 Å². The number of alkyl halides is 3. The Morgan fingerprint density at radius 1 is 1.30 bits per heavy atom. The Morgan fingerprint density at radius 3 is 2.49 bits per heavy atom. The number of benzene rings is 1. The molecule has 2 saturated carbocycles. The zero-order valence-electron chi connectivity index (χ0n) is 20.4. The van der Waals surface area contributed by atoms with E-state index < -0.39 is 17.5 Å². The Labute approximate surface area is 216 Å². The molecule has 2 heterocycles. The maximum Gasteiger partial charge on any atom is 0.433 e. The van der Waals surface area contributed by atoms with Crippen molar-refractivity contribution in [3.63, 3.8) is 0 Å². The predicted molar refractivity (Wildman–Crippen MR) is 134 cm³/mol. The largest absolute Gasteiger partial charge is 0.433 e. The van der Waals surface area contributed by atoms with E-state index in [0.29, 0.717) is 18.7 Å². The van der Waals surface area contributed by atoms with E-state index in [9.17, 15) is 22.7 Å². The van der Waals surface area contributed by atoms with Gasteiger partial charge in [0.1, 0.15) is 17.3 Å². The number of hydrogen-bond acceptors (Lipinski definition) is 5. The quantitative estimate of drug-likeness (QED) is 0.318. The summed E-state index contributed by atoms with van der Waals surface area (Å²) in [5, 5.41) is 24.0. The number of halogens is 5. The summed E-state index contributed by atoms with van der Waals surface area (Å²) in [6, 6.07) is 4.49. The number of aromatic amines is 1. The summed E-state index contributed by atoms with van der Waals surface area (Å²) in [5.41, 5.74) is 5.97. The normalized spacial score (nSPS) is 24.9. The fourth-order valence-corrected chi connectivity index (χ4v) is 5.88. The van der Waals surface area contributed by atoms with Gasteiger partial charge in [0.05, 0.1) is 22.5 Å². The van der Waals surface area contributed by atoms with E-state index in [-0.39, 0.29) is 34.2 Å². The van der Waals surface area contributed by atoms with Crippen molar-refractivity contribution in [1.29, 1.82) is 0 Å². The van der Waals surface area contributed by atoms with Gasteiger partial charge >= 0.3 is 6.18 Å². The summed E-state index contributed by atoms with van der Waals surface area (Å²) in [6.45, 7) is 3.81. The molecule has 0 saturated heterocycles. The number of rotatable bonds is 4. The molecule has 12 heteroatoms. The lowest BCUT2D eigenvalue weighted by atomic mass is 9.87. The molecule has 0 bridgehead atoms. The summed E-state index contributed by atoms with van der Waals surface area (Å²) in [7, 11) is 3.53. The monoisotopic (exact) mass is 540 g/mol. The number of nitrogens with one attached hydrogen (secondary N) is 2. The minimum Gasteiger partial charge on any atom is -0.388 e. The molecule has 0 spiro atoms. The fourth-order valence-electron chi connectivity index (χ4n) is 5.70. The van der Waals surface area contributed by atoms with Crippen molar-refractivity contribution in [2.45, 2.75) is 43.4 Å². The first-order chi connectivity index (χ1) is 17.4. The standard InChI is InChI=1S/C18H22F3N5O.C7H7ClFN/c1-3-12-14(25-26(2)16(12)22)9-4-10-6-17(27,7-11(10)5-9)13-8-23-24-15(13)18(19,20)21;1-10-5-2-3-7(9)6(8)4-5/h3,8-11,27H,1,4-7,22H2,2H3,(H,23,24);2-4,10H,1H3. The molecule has 0 radical (unpaired) electrons. The van der Waals surface area contributed by atoms with E-state index >= 15 is 0 Å². The van der Waals surface area contributed by atoms with Crippen molar-refractivity contribution in [2.75, 3.05) is 18.1 Å². The van der Waals surface area contributed by atoms with E-state index in [2.05, 4.69) is 22.1 Å². The molecule has 3 aromatic rings. The van der Waals surface area contributed by atoms with Gasteiger partial charge in [-0.05, 0) is 55.7 Å². The van der Waals surface area contributed by atoms with Gasteiger partial charge < -0.3 is 16.2 Å². The molecule has 2 fully saturated rings. The lowest BCUT2D eigenvalue weighted by Crippen LogP contribution is -2.26.